The summed E-state index contributed by atoms with van der Waals surface area (Å²) in [4.78, 5) is 25.4. The van der Waals surface area contributed by atoms with Crippen LogP contribution in [0, 0.1) is 5.92 Å². The number of rotatable bonds is 6. The highest BCUT2D eigenvalue weighted by Gasteiger charge is 2.41. The topological polar surface area (TPSA) is 58.6 Å². The van der Waals surface area contributed by atoms with Crippen LogP contribution in [0.25, 0.3) is 0 Å². The molecule has 2 amide bonds. The molecule has 0 aromatic rings. The third kappa shape index (κ3) is 3.19. The van der Waals surface area contributed by atoms with Gasteiger partial charge in [0.1, 0.15) is 0 Å². The third-order valence-corrected chi connectivity index (χ3v) is 3.34. The Morgan fingerprint density at radius 2 is 2.29 bits per heavy atom. The second-order valence-corrected chi connectivity index (χ2v) is 4.82. The molecule has 1 N–H and O–H groups in total. The van der Waals surface area contributed by atoms with Crippen LogP contribution in [0.2, 0.25) is 0 Å². The van der Waals surface area contributed by atoms with Crippen LogP contribution in [0.3, 0.4) is 0 Å². The van der Waals surface area contributed by atoms with Gasteiger partial charge in [0.2, 0.25) is 11.8 Å². The van der Waals surface area contributed by atoms with Crippen molar-refractivity contribution in [1.82, 2.24) is 10.2 Å². The summed E-state index contributed by atoms with van der Waals surface area (Å²) >= 11 is 0. The SMILES string of the molecule is COCCCNC(=O)C1CC(=O)N(C2CC2)C1. The van der Waals surface area contributed by atoms with Crippen LogP contribution in [0.5, 0.6) is 0 Å². The van der Waals surface area contributed by atoms with E-state index in [9.17, 15) is 9.59 Å². The lowest BCUT2D eigenvalue weighted by Crippen LogP contribution is -2.34. The number of hydrogen-bond donors (Lipinski definition) is 1. The lowest BCUT2D eigenvalue weighted by atomic mass is 10.1. The molecule has 17 heavy (non-hydrogen) atoms. The van der Waals surface area contributed by atoms with Gasteiger partial charge in [-0.25, -0.2) is 0 Å². The van der Waals surface area contributed by atoms with Crippen molar-refractivity contribution in [3.8, 4) is 0 Å². The summed E-state index contributed by atoms with van der Waals surface area (Å²) in [5.41, 5.74) is 0. The van der Waals surface area contributed by atoms with Crippen molar-refractivity contribution < 1.29 is 14.3 Å². The number of hydrogen-bond acceptors (Lipinski definition) is 3. The van der Waals surface area contributed by atoms with E-state index in [0.29, 0.717) is 32.2 Å². The Bertz CT molecular complexity index is 302. The molecule has 1 atom stereocenters. The number of likely N-dealkylation sites (tertiary alicyclic amines) is 1. The van der Waals surface area contributed by atoms with E-state index in [-0.39, 0.29) is 17.7 Å². The van der Waals surface area contributed by atoms with Crippen molar-refractivity contribution in [2.75, 3.05) is 26.8 Å². The molecule has 1 unspecified atom stereocenters. The minimum Gasteiger partial charge on any atom is -0.385 e. The van der Waals surface area contributed by atoms with Crippen molar-refractivity contribution >= 4 is 11.8 Å². The Balaban J connectivity index is 1.71. The van der Waals surface area contributed by atoms with Gasteiger partial charge >= 0.3 is 0 Å². The van der Waals surface area contributed by atoms with Crippen LogP contribution in [0.15, 0.2) is 0 Å². The summed E-state index contributed by atoms with van der Waals surface area (Å²) in [6.45, 7) is 1.89. The molecule has 0 radical (unpaired) electrons. The zero-order valence-electron chi connectivity index (χ0n) is 10.3. The molecule has 0 aromatic carbocycles. The smallest absolute Gasteiger partial charge is 0.225 e. The molecule has 5 heteroatoms. The first-order valence-corrected chi connectivity index (χ1v) is 6.28. The maximum absolute atomic E-state index is 11.8. The van der Waals surface area contributed by atoms with E-state index in [2.05, 4.69) is 5.32 Å². The first-order chi connectivity index (χ1) is 8.22. The molecule has 2 fully saturated rings. The Kier molecular flexibility index (Phi) is 3.99. The van der Waals surface area contributed by atoms with Gasteiger partial charge in [0.15, 0.2) is 0 Å². The van der Waals surface area contributed by atoms with Gasteiger partial charge in [0, 0.05) is 39.3 Å². The lowest BCUT2D eigenvalue weighted by Gasteiger charge is -2.15. The number of amides is 2. The molecule has 1 aliphatic carbocycles. The largest absolute Gasteiger partial charge is 0.385 e. The molecule has 1 saturated heterocycles. The first-order valence-electron chi connectivity index (χ1n) is 6.28. The number of carbonyl (C=O) groups is 2. The van der Waals surface area contributed by atoms with Crippen LogP contribution < -0.4 is 5.32 Å². The molecule has 1 aliphatic heterocycles. The van der Waals surface area contributed by atoms with Crippen molar-refractivity contribution in [2.24, 2.45) is 5.92 Å². The molecule has 96 valence electrons. The number of carbonyl (C=O) groups excluding carboxylic acids is 2. The predicted octanol–water partition coefficient (Wildman–Crippen LogP) is 0.150. The Morgan fingerprint density at radius 3 is 2.94 bits per heavy atom. The van der Waals surface area contributed by atoms with Crippen LogP contribution in [0.1, 0.15) is 25.7 Å². The van der Waals surface area contributed by atoms with Crippen LogP contribution in [-0.2, 0) is 14.3 Å². The van der Waals surface area contributed by atoms with Gasteiger partial charge < -0.3 is 15.0 Å². The number of nitrogens with one attached hydrogen (secondary N) is 1. The van der Waals surface area contributed by atoms with Crippen molar-refractivity contribution in [1.29, 1.82) is 0 Å². The molecule has 0 aromatic heterocycles. The standard InChI is InChI=1S/C12H20N2O3/c1-17-6-2-5-13-12(16)9-7-11(15)14(8-9)10-3-4-10/h9-10H,2-8H2,1H3,(H,13,16). The van der Waals surface area contributed by atoms with E-state index < -0.39 is 0 Å². The number of methoxy groups -OCH3 is 1. The Hall–Kier alpha value is -1.10. The van der Waals surface area contributed by atoms with Gasteiger partial charge in [-0.15, -0.1) is 0 Å². The zero-order chi connectivity index (χ0) is 12.3. The molecular formula is C12H20N2O3. The van der Waals surface area contributed by atoms with Crippen LogP contribution in [0.4, 0.5) is 0 Å². The summed E-state index contributed by atoms with van der Waals surface area (Å²) in [5, 5.41) is 2.86. The molecule has 0 spiro atoms. The van der Waals surface area contributed by atoms with Crippen LogP contribution in [-0.4, -0.2) is 49.6 Å². The van der Waals surface area contributed by atoms with E-state index in [0.717, 1.165) is 19.3 Å². The minimum atomic E-state index is -0.148. The summed E-state index contributed by atoms with van der Waals surface area (Å²) in [6.07, 6.45) is 3.41. The fourth-order valence-electron chi connectivity index (χ4n) is 2.22. The predicted molar refractivity (Wildman–Crippen MR) is 62.3 cm³/mol. The fourth-order valence-corrected chi connectivity index (χ4v) is 2.22. The van der Waals surface area contributed by atoms with Crippen molar-refractivity contribution in [3.05, 3.63) is 0 Å². The normalized spacial score (nSPS) is 24.2. The Morgan fingerprint density at radius 1 is 1.53 bits per heavy atom. The zero-order valence-corrected chi connectivity index (χ0v) is 10.3. The summed E-state index contributed by atoms with van der Waals surface area (Å²) in [6, 6.07) is 0.425. The summed E-state index contributed by atoms with van der Waals surface area (Å²) in [5.74, 6) is 0.00721. The van der Waals surface area contributed by atoms with E-state index >= 15 is 0 Å². The van der Waals surface area contributed by atoms with E-state index in [1.807, 2.05) is 4.90 Å². The van der Waals surface area contributed by atoms with Crippen LogP contribution >= 0.6 is 0 Å². The summed E-state index contributed by atoms with van der Waals surface area (Å²) in [7, 11) is 1.64. The molecular weight excluding hydrogens is 220 g/mol. The number of nitrogens with zero attached hydrogens (tertiary/aromatic N) is 1. The van der Waals surface area contributed by atoms with Gasteiger partial charge in [-0.2, -0.15) is 0 Å². The Labute approximate surface area is 101 Å². The highest BCUT2D eigenvalue weighted by atomic mass is 16.5. The molecule has 2 aliphatic rings. The van der Waals surface area contributed by atoms with Crippen molar-refractivity contribution in [3.63, 3.8) is 0 Å². The fraction of sp³-hybridized carbons (Fsp3) is 0.833. The maximum atomic E-state index is 11.8. The average molecular weight is 240 g/mol. The molecule has 2 rings (SSSR count). The second kappa shape index (κ2) is 5.49. The third-order valence-electron chi connectivity index (χ3n) is 3.34. The van der Waals surface area contributed by atoms with Gasteiger partial charge in [-0.05, 0) is 19.3 Å². The molecule has 0 bridgehead atoms. The monoisotopic (exact) mass is 240 g/mol. The lowest BCUT2D eigenvalue weighted by molar-refractivity contribution is -0.129. The number of ether oxygens (including phenoxy) is 1. The molecule has 1 heterocycles. The first kappa shape index (κ1) is 12.4. The second-order valence-electron chi connectivity index (χ2n) is 4.82. The maximum Gasteiger partial charge on any atom is 0.225 e. The van der Waals surface area contributed by atoms with Gasteiger partial charge in [-0.3, -0.25) is 9.59 Å². The van der Waals surface area contributed by atoms with Gasteiger partial charge in [0.05, 0.1) is 5.92 Å². The van der Waals surface area contributed by atoms with E-state index in [4.69, 9.17) is 4.74 Å². The van der Waals surface area contributed by atoms with E-state index in [1.165, 1.54) is 0 Å². The van der Waals surface area contributed by atoms with Crippen molar-refractivity contribution in [2.45, 2.75) is 31.7 Å². The minimum absolute atomic E-state index is 0.0117. The quantitative estimate of drug-likeness (QED) is 0.672. The van der Waals surface area contributed by atoms with Gasteiger partial charge in [0.25, 0.3) is 0 Å². The highest BCUT2D eigenvalue weighted by molar-refractivity contribution is 5.89. The molecule has 5 nitrogen and oxygen atoms in total. The van der Waals surface area contributed by atoms with E-state index in [1.54, 1.807) is 7.11 Å². The highest BCUT2D eigenvalue weighted by Crippen LogP contribution is 2.32. The summed E-state index contributed by atoms with van der Waals surface area (Å²) < 4.78 is 4.91. The molecule has 1 saturated carbocycles. The van der Waals surface area contributed by atoms with Gasteiger partial charge in [-0.1, -0.05) is 0 Å². The average Bonchev–Trinajstić information content (AvgIpc) is 3.08.